The first-order valence-electron chi connectivity index (χ1n) is 12.9. The molecule has 0 radical (unpaired) electrons. The van der Waals surface area contributed by atoms with E-state index in [1.54, 1.807) is 23.2 Å². The summed E-state index contributed by atoms with van der Waals surface area (Å²) in [7, 11) is 3.43. The number of aromatic nitrogens is 2. The molecule has 10 heteroatoms. The Bertz CT molecular complexity index is 1160. The highest BCUT2D eigenvalue weighted by Crippen LogP contribution is 2.31. The number of furan rings is 1. The minimum atomic E-state index is -1.87. The maximum atomic E-state index is 15.7. The highest BCUT2D eigenvalue weighted by molar-refractivity contribution is 5.85. The summed E-state index contributed by atoms with van der Waals surface area (Å²) in [6, 6.07) is 3.77. The van der Waals surface area contributed by atoms with E-state index in [1.807, 2.05) is 38.1 Å². The van der Waals surface area contributed by atoms with E-state index in [2.05, 4.69) is 10.2 Å². The van der Waals surface area contributed by atoms with Crippen LogP contribution in [0, 0.1) is 0 Å². The zero-order valence-electron chi connectivity index (χ0n) is 21.8. The summed E-state index contributed by atoms with van der Waals surface area (Å²) < 4.78 is 24.8. The SMILES string of the molecule is CCC(CCN(C)C(=O)C1(F)CCN(Cc2ccc(CN)o2)CC1)n1c2c(n(C)c1=O)C=CC(C)N2. The number of amides is 1. The Morgan fingerprint density at radius 2 is 2.03 bits per heavy atom. The molecule has 0 saturated carbocycles. The zero-order valence-corrected chi connectivity index (χ0v) is 21.8. The van der Waals surface area contributed by atoms with Gasteiger partial charge in [-0.15, -0.1) is 0 Å². The smallest absolute Gasteiger partial charge is 0.330 e. The Labute approximate surface area is 211 Å². The molecule has 2 aromatic heterocycles. The normalized spacial score (nSPS) is 20.1. The van der Waals surface area contributed by atoms with Gasteiger partial charge in [-0.2, -0.15) is 0 Å². The minimum absolute atomic E-state index is 0.0865. The topological polar surface area (TPSA) is 102 Å². The molecule has 3 N–H and O–H groups in total. The standard InChI is InChI=1S/C26H39FN6O3/c1-5-19(33-23-22(31(4)25(33)35)9-6-18(2)29-23)10-13-30(3)24(34)26(27)11-14-32(15-12-26)17-21-8-7-20(16-28)36-21/h6-9,18-19,29H,5,10-17,28H2,1-4H3. The van der Waals surface area contributed by atoms with Gasteiger partial charge in [0.2, 0.25) is 0 Å². The van der Waals surface area contributed by atoms with Crippen LogP contribution in [0.15, 0.2) is 27.4 Å². The Morgan fingerprint density at radius 1 is 1.33 bits per heavy atom. The molecule has 198 valence electrons. The van der Waals surface area contributed by atoms with Crippen LogP contribution >= 0.6 is 0 Å². The first-order valence-corrected chi connectivity index (χ1v) is 12.9. The van der Waals surface area contributed by atoms with E-state index >= 15 is 4.39 Å². The molecule has 1 amide bonds. The minimum Gasteiger partial charge on any atom is -0.463 e. The molecule has 4 rings (SSSR count). The molecule has 2 aliphatic rings. The van der Waals surface area contributed by atoms with Crippen molar-refractivity contribution in [3.63, 3.8) is 0 Å². The Kier molecular flexibility index (Phi) is 7.75. The Balaban J connectivity index is 1.35. The fourth-order valence-electron chi connectivity index (χ4n) is 5.23. The molecule has 0 bridgehead atoms. The van der Waals surface area contributed by atoms with Crippen LogP contribution in [0.2, 0.25) is 0 Å². The van der Waals surface area contributed by atoms with Crippen LogP contribution in [-0.4, -0.2) is 63.2 Å². The lowest BCUT2D eigenvalue weighted by Crippen LogP contribution is -2.51. The summed E-state index contributed by atoms with van der Waals surface area (Å²) in [5.41, 5.74) is 4.49. The van der Waals surface area contributed by atoms with Gasteiger partial charge in [-0.05, 0) is 38.0 Å². The van der Waals surface area contributed by atoms with Crippen molar-refractivity contribution in [2.75, 3.05) is 32.0 Å². The van der Waals surface area contributed by atoms with Crippen molar-refractivity contribution in [1.29, 1.82) is 0 Å². The van der Waals surface area contributed by atoms with Gasteiger partial charge in [0.05, 0.1) is 18.8 Å². The first kappa shape index (κ1) is 26.2. The lowest BCUT2D eigenvalue weighted by atomic mass is 9.91. The third-order valence-corrected chi connectivity index (χ3v) is 7.56. The number of piperidine rings is 1. The summed E-state index contributed by atoms with van der Waals surface area (Å²) >= 11 is 0. The van der Waals surface area contributed by atoms with Crippen molar-refractivity contribution in [3.8, 4) is 0 Å². The number of fused-ring (bicyclic) bond motifs is 1. The first-order chi connectivity index (χ1) is 17.2. The number of nitrogens with one attached hydrogen (secondary N) is 1. The van der Waals surface area contributed by atoms with Crippen molar-refractivity contribution < 1.29 is 13.6 Å². The van der Waals surface area contributed by atoms with Crippen molar-refractivity contribution >= 4 is 17.8 Å². The maximum absolute atomic E-state index is 15.7. The van der Waals surface area contributed by atoms with E-state index in [0.717, 1.165) is 29.5 Å². The van der Waals surface area contributed by atoms with Crippen molar-refractivity contribution in [2.24, 2.45) is 12.8 Å². The van der Waals surface area contributed by atoms with E-state index in [9.17, 15) is 9.59 Å². The molecule has 2 aliphatic heterocycles. The van der Waals surface area contributed by atoms with Crippen LogP contribution in [0.4, 0.5) is 10.2 Å². The zero-order chi connectivity index (χ0) is 26.0. The highest BCUT2D eigenvalue weighted by Gasteiger charge is 2.43. The van der Waals surface area contributed by atoms with E-state index in [1.165, 1.54) is 4.90 Å². The van der Waals surface area contributed by atoms with Crippen LogP contribution in [0.3, 0.4) is 0 Å². The second-order valence-electron chi connectivity index (χ2n) is 10.1. The molecule has 2 aromatic rings. The number of likely N-dealkylation sites (tertiary alicyclic amines) is 1. The van der Waals surface area contributed by atoms with Crippen LogP contribution in [0.1, 0.15) is 62.8 Å². The van der Waals surface area contributed by atoms with Gasteiger partial charge in [0, 0.05) is 58.7 Å². The van der Waals surface area contributed by atoms with Crippen LogP contribution in [0.25, 0.3) is 6.08 Å². The molecular formula is C26H39FN6O3. The largest absolute Gasteiger partial charge is 0.463 e. The fraction of sp³-hybridized carbons (Fsp3) is 0.615. The van der Waals surface area contributed by atoms with E-state index in [4.69, 9.17) is 10.2 Å². The van der Waals surface area contributed by atoms with Crippen LogP contribution in [-0.2, 0) is 24.9 Å². The third-order valence-electron chi connectivity index (χ3n) is 7.56. The predicted molar refractivity (Wildman–Crippen MR) is 138 cm³/mol. The molecule has 0 spiro atoms. The van der Waals surface area contributed by atoms with Crippen LogP contribution in [0.5, 0.6) is 0 Å². The molecule has 9 nitrogen and oxygen atoms in total. The fourth-order valence-corrected chi connectivity index (χ4v) is 5.23. The number of rotatable bonds is 9. The van der Waals surface area contributed by atoms with Gasteiger partial charge in [-0.3, -0.25) is 18.8 Å². The number of imidazole rings is 1. The van der Waals surface area contributed by atoms with Gasteiger partial charge in [-0.1, -0.05) is 13.0 Å². The van der Waals surface area contributed by atoms with Crippen LogP contribution < -0.4 is 16.7 Å². The molecule has 2 atom stereocenters. The lowest BCUT2D eigenvalue weighted by molar-refractivity contribution is -0.146. The molecular weight excluding hydrogens is 463 g/mol. The quantitative estimate of drug-likeness (QED) is 0.547. The number of alkyl halides is 1. The number of anilines is 1. The average Bonchev–Trinajstić information content (AvgIpc) is 3.43. The number of hydrogen-bond donors (Lipinski definition) is 2. The summed E-state index contributed by atoms with van der Waals surface area (Å²) in [6.45, 7) is 6.33. The third kappa shape index (κ3) is 5.15. The van der Waals surface area contributed by atoms with E-state index in [0.29, 0.717) is 39.1 Å². The van der Waals surface area contributed by atoms with Gasteiger partial charge in [0.25, 0.3) is 5.91 Å². The molecule has 4 heterocycles. The summed E-state index contributed by atoms with van der Waals surface area (Å²) in [6.07, 6.45) is 5.59. The van der Waals surface area contributed by atoms with Gasteiger partial charge >= 0.3 is 5.69 Å². The van der Waals surface area contributed by atoms with Crippen molar-refractivity contribution in [2.45, 2.75) is 70.4 Å². The lowest BCUT2D eigenvalue weighted by Gasteiger charge is -2.37. The molecule has 36 heavy (non-hydrogen) atoms. The number of hydrogen-bond acceptors (Lipinski definition) is 6. The Hall–Kier alpha value is -2.85. The predicted octanol–water partition coefficient (Wildman–Crippen LogP) is 2.87. The maximum Gasteiger partial charge on any atom is 0.330 e. The molecule has 1 fully saturated rings. The van der Waals surface area contributed by atoms with Gasteiger partial charge in [-0.25, -0.2) is 9.18 Å². The van der Waals surface area contributed by atoms with Crippen molar-refractivity contribution in [1.82, 2.24) is 18.9 Å². The second-order valence-corrected chi connectivity index (χ2v) is 10.1. The number of nitrogens with zero attached hydrogens (tertiary/aromatic N) is 4. The van der Waals surface area contributed by atoms with Gasteiger partial charge in [0.15, 0.2) is 5.67 Å². The van der Waals surface area contributed by atoms with E-state index in [-0.39, 0.29) is 30.6 Å². The monoisotopic (exact) mass is 502 g/mol. The summed E-state index contributed by atoms with van der Waals surface area (Å²) in [4.78, 5) is 29.7. The summed E-state index contributed by atoms with van der Waals surface area (Å²) in [5.74, 6) is 1.86. The number of carbonyl (C=O) groups excluding carboxylic acids is 1. The Morgan fingerprint density at radius 3 is 2.67 bits per heavy atom. The van der Waals surface area contributed by atoms with Gasteiger partial charge < -0.3 is 20.4 Å². The van der Waals surface area contributed by atoms with Gasteiger partial charge in [0.1, 0.15) is 17.3 Å². The highest BCUT2D eigenvalue weighted by atomic mass is 19.1. The number of carbonyl (C=O) groups is 1. The second kappa shape index (κ2) is 10.6. The summed E-state index contributed by atoms with van der Waals surface area (Å²) in [5, 5.41) is 3.40. The average molecular weight is 503 g/mol. The van der Waals surface area contributed by atoms with Crippen molar-refractivity contribution in [3.05, 3.63) is 45.9 Å². The molecule has 0 aromatic carbocycles. The van der Waals surface area contributed by atoms with E-state index < -0.39 is 11.6 Å². The molecule has 0 aliphatic carbocycles. The molecule has 2 unspecified atom stereocenters. The molecule has 1 saturated heterocycles. The number of nitrogens with two attached hydrogens (primary N) is 1. The number of halogens is 1.